The van der Waals surface area contributed by atoms with E-state index in [1.807, 2.05) is 6.92 Å². The summed E-state index contributed by atoms with van der Waals surface area (Å²) in [7, 11) is -4.02. The first kappa shape index (κ1) is 18.8. The highest BCUT2D eigenvalue weighted by molar-refractivity contribution is 7.93. The standard InChI is InChI=1S/C17H19N5O4S/c1-3-5-11(2)13-10-16(20-19-13)21-27(25,26)15-8-7-14(22(23)24)12-6-4-9-18-17(12)15/h4,6-11H,3,5H2,1-2H3,(H2,19,20,21). The number of nitrogens with zero attached hydrogens (tertiary/aromatic N) is 3. The molecule has 0 aliphatic carbocycles. The first-order chi connectivity index (χ1) is 12.8. The fraction of sp³-hybridized carbons (Fsp3) is 0.294. The van der Waals surface area contributed by atoms with Crippen LogP contribution in [0, 0.1) is 10.1 Å². The number of nitrogens with one attached hydrogen (secondary N) is 2. The van der Waals surface area contributed by atoms with E-state index >= 15 is 0 Å². The van der Waals surface area contributed by atoms with E-state index in [9.17, 15) is 18.5 Å². The topological polar surface area (TPSA) is 131 Å². The van der Waals surface area contributed by atoms with Gasteiger partial charge in [0.05, 0.1) is 15.8 Å². The average molecular weight is 389 g/mol. The highest BCUT2D eigenvalue weighted by Gasteiger charge is 2.24. The first-order valence-corrected chi connectivity index (χ1v) is 9.92. The Morgan fingerprint density at radius 3 is 2.81 bits per heavy atom. The number of hydrogen-bond acceptors (Lipinski definition) is 6. The number of aromatic amines is 1. The fourth-order valence-corrected chi connectivity index (χ4v) is 4.08. The van der Waals surface area contributed by atoms with Gasteiger partial charge in [-0.05, 0) is 30.5 Å². The van der Waals surface area contributed by atoms with E-state index in [1.54, 1.807) is 6.07 Å². The molecule has 2 aromatic heterocycles. The molecule has 0 aliphatic heterocycles. The average Bonchev–Trinajstić information content (AvgIpc) is 3.08. The number of nitro benzene ring substituents is 1. The predicted molar refractivity (Wildman–Crippen MR) is 101 cm³/mol. The SMILES string of the molecule is CCCC(C)c1cc(NS(=O)(=O)c2ccc([N+](=O)[O-])c3cccnc23)n[nH]1. The maximum atomic E-state index is 12.8. The van der Waals surface area contributed by atoms with E-state index in [2.05, 4.69) is 26.8 Å². The van der Waals surface area contributed by atoms with Crippen LogP contribution in [0.4, 0.5) is 11.5 Å². The van der Waals surface area contributed by atoms with Gasteiger partial charge in [-0.25, -0.2) is 8.42 Å². The zero-order chi connectivity index (χ0) is 19.6. The Morgan fingerprint density at radius 2 is 2.11 bits per heavy atom. The van der Waals surface area contributed by atoms with E-state index < -0.39 is 14.9 Å². The molecule has 0 radical (unpaired) electrons. The van der Waals surface area contributed by atoms with E-state index in [1.165, 1.54) is 24.4 Å². The van der Waals surface area contributed by atoms with Gasteiger partial charge >= 0.3 is 0 Å². The molecule has 0 amide bonds. The Bertz CT molecular complexity index is 1090. The molecule has 2 N–H and O–H groups in total. The van der Waals surface area contributed by atoms with Gasteiger partial charge in [0.1, 0.15) is 4.90 Å². The summed E-state index contributed by atoms with van der Waals surface area (Å²) in [6.45, 7) is 4.10. The third-order valence-corrected chi connectivity index (χ3v) is 5.67. The van der Waals surface area contributed by atoms with Crippen LogP contribution in [0.15, 0.2) is 41.4 Å². The van der Waals surface area contributed by atoms with Crippen molar-refractivity contribution < 1.29 is 13.3 Å². The normalized spacial score (nSPS) is 12.8. The van der Waals surface area contributed by atoms with Crippen LogP contribution >= 0.6 is 0 Å². The lowest BCUT2D eigenvalue weighted by Crippen LogP contribution is -2.14. The molecule has 0 saturated heterocycles. The quantitative estimate of drug-likeness (QED) is 0.469. The summed E-state index contributed by atoms with van der Waals surface area (Å²) in [6, 6.07) is 6.99. The number of rotatable bonds is 7. The van der Waals surface area contributed by atoms with Gasteiger partial charge in [-0.15, -0.1) is 0 Å². The summed E-state index contributed by atoms with van der Waals surface area (Å²) in [5.41, 5.74) is 0.669. The molecule has 3 aromatic rings. The van der Waals surface area contributed by atoms with Crippen molar-refractivity contribution in [2.45, 2.75) is 37.5 Å². The van der Waals surface area contributed by atoms with E-state index in [-0.39, 0.29) is 33.2 Å². The lowest BCUT2D eigenvalue weighted by Gasteiger charge is -2.08. The zero-order valence-electron chi connectivity index (χ0n) is 14.8. The molecule has 142 valence electrons. The van der Waals surface area contributed by atoms with Gasteiger partial charge in [-0.3, -0.25) is 24.9 Å². The van der Waals surface area contributed by atoms with Crippen LogP contribution in [-0.2, 0) is 10.0 Å². The maximum Gasteiger partial charge on any atom is 0.278 e. The minimum Gasteiger partial charge on any atom is -0.280 e. The molecular formula is C17H19N5O4S. The van der Waals surface area contributed by atoms with Gasteiger partial charge in [-0.2, -0.15) is 5.10 Å². The van der Waals surface area contributed by atoms with E-state index in [0.717, 1.165) is 24.6 Å². The Kier molecular flexibility index (Phi) is 5.08. The van der Waals surface area contributed by atoms with Crippen molar-refractivity contribution in [3.8, 4) is 0 Å². The fourth-order valence-electron chi connectivity index (χ4n) is 2.93. The highest BCUT2D eigenvalue weighted by atomic mass is 32.2. The van der Waals surface area contributed by atoms with E-state index in [4.69, 9.17) is 0 Å². The number of anilines is 1. The van der Waals surface area contributed by atoms with Crippen molar-refractivity contribution in [3.63, 3.8) is 0 Å². The molecule has 10 heteroatoms. The number of sulfonamides is 1. The van der Waals surface area contributed by atoms with Crippen molar-refractivity contribution in [1.29, 1.82) is 0 Å². The number of aromatic nitrogens is 3. The number of pyridine rings is 1. The van der Waals surface area contributed by atoms with Gasteiger partial charge in [0.25, 0.3) is 15.7 Å². The summed E-state index contributed by atoms with van der Waals surface area (Å²) < 4.78 is 28.1. The summed E-state index contributed by atoms with van der Waals surface area (Å²) in [5, 5.41) is 18.2. The van der Waals surface area contributed by atoms with Crippen LogP contribution in [0.2, 0.25) is 0 Å². The van der Waals surface area contributed by atoms with Gasteiger partial charge in [0, 0.05) is 24.0 Å². The van der Waals surface area contributed by atoms with Crippen LogP contribution in [0.3, 0.4) is 0 Å². The number of benzene rings is 1. The first-order valence-electron chi connectivity index (χ1n) is 8.43. The molecule has 3 rings (SSSR count). The summed E-state index contributed by atoms with van der Waals surface area (Å²) in [5.74, 6) is 0.387. The van der Waals surface area contributed by atoms with Crippen LogP contribution in [0.25, 0.3) is 10.9 Å². The molecule has 0 bridgehead atoms. The van der Waals surface area contributed by atoms with Crippen LogP contribution in [-0.4, -0.2) is 28.5 Å². The molecule has 1 atom stereocenters. The largest absolute Gasteiger partial charge is 0.280 e. The third-order valence-electron chi connectivity index (χ3n) is 4.29. The van der Waals surface area contributed by atoms with Crippen molar-refractivity contribution in [1.82, 2.24) is 15.2 Å². The van der Waals surface area contributed by atoms with Gasteiger partial charge in [0.2, 0.25) is 0 Å². The molecule has 27 heavy (non-hydrogen) atoms. The molecule has 0 saturated carbocycles. The molecule has 0 aliphatic rings. The molecule has 1 unspecified atom stereocenters. The summed E-state index contributed by atoms with van der Waals surface area (Å²) >= 11 is 0. The summed E-state index contributed by atoms with van der Waals surface area (Å²) in [4.78, 5) is 14.5. The number of H-pyrrole nitrogens is 1. The second-order valence-corrected chi connectivity index (χ2v) is 7.89. The highest BCUT2D eigenvalue weighted by Crippen LogP contribution is 2.30. The molecule has 2 heterocycles. The molecule has 9 nitrogen and oxygen atoms in total. The second kappa shape index (κ2) is 7.31. The lowest BCUT2D eigenvalue weighted by molar-refractivity contribution is -0.383. The smallest absolute Gasteiger partial charge is 0.278 e. The maximum absolute atomic E-state index is 12.8. The molecule has 0 spiro atoms. The monoisotopic (exact) mass is 389 g/mol. The molecule has 0 fully saturated rings. The number of fused-ring (bicyclic) bond motifs is 1. The van der Waals surface area contributed by atoms with Gasteiger partial charge in [-0.1, -0.05) is 20.3 Å². The molecular weight excluding hydrogens is 370 g/mol. The summed E-state index contributed by atoms with van der Waals surface area (Å²) in [6.07, 6.45) is 3.34. The minimum atomic E-state index is -4.02. The van der Waals surface area contributed by atoms with Crippen molar-refractivity contribution in [2.24, 2.45) is 0 Å². The predicted octanol–water partition coefficient (Wildman–Crippen LogP) is 3.57. The Balaban J connectivity index is 1.99. The number of hydrogen-bond donors (Lipinski definition) is 2. The van der Waals surface area contributed by atoms with Crippen molar-refractivity contribution in [3.05, 3.63) is 52.3 Å². The lowest BCUT2D eigenvalue weighted by atomic mass is 10.0. The number of nitro groups is 1. The Hall–Kier alpha value is -3.01. The number of non-ortho nitro benzene ring substituents is 1. The second-order valence-electron chi connectivity index (χ2n) is 6.24. The van der Waals surface area contributed by atoms with Crippen LogP contribution in [0.1, 0.15) is 38.3 Å². The van der Waals surface area contributed by atoms with Crippen molar-refractivity contribution >= 4 is 32.4 Å². The third kappa shape index (κ3) is 3.75. The molecule has 1 aromatic carbocycles. The van der Waals surface area contributed by atoms with Gasteiger partial charge in [0.15, 0.2) is 5.82 Å². The van der Waals surface area contributed by atoms with Crippen LogP contribution < -0.4 is 4.72 Å². The minimum absolute atomic E-state index is 0.0364. The van der Waals surface area contributed by atoms with Crippen LogP contribution in [0.5, 0.6) is 0 Å². The Labute approximate surface area is 156 Å². The van der Waals surface area contributed by atoms with Crippen molar-refractivity contribution in [2.75, 3.05) is 4.72 Å². The Morgan fingerprint density at radius 1 is 1.33 bits per heavy atom. The van der Waals surface area contributed by atoms with Gasteiger partial charge < -0.3 is 0 Å². The van der Waals surface area contributed by atoms with E-state index in [0.29, 0.717) is 0 Å². The zero-order valence-corrected chi connectivity index (χ0v) is 15.7.